The van der Waals surface area contributed by atoms with Gasteiger partial charge >= 0.3 is 5.97 Å². The Bertz CT molecular complexity index is 896. The summed E-state index contributed by atoms with van der Waals surface area (Å²) in [5.41, 5.74) is 4.36. The predicted molar refractivity (Wildman–Crippen MR) is 97.5 cm³/mol. The van der Waals surface area contributed by atoms with E-state index in [1.54, 1.807) is 0 Å². The van der Waals surface area contributed by atoms with Gasteiger partial charge in [0.1, 0.15) is 5.41 Å². The molecule has 4 heterocycles. The third kappa shape index (κ3) is 1.83. The fourth-order valence-corrected chi connectivity index (χ4v) is 5.71. The molecule has 3 unspecified atom stereocenters. The van der Waals surface area contributed by atoms with Gasteiger partial charge in [0, 0.05) is 29.7 Å². The van der Waals surface area contributed by atoms with Crippen LogP contribution in [0.3, 0.4) is 0 Å². The lowest BCUT2D eigenvalue weighted by atomic mass is 9.60. The van der Waals surface area contributed by atoms with E-state index in [0.717, 1.165) is 43.6 Å². The van der Waals surface area contributed by atoms with E-state index in [0.29, 0.717) is 5.92 Å². The maximum atomic E-state index is 13.2. The standard InChI is InChI=1S/C21H24N2O2/c1-3-14-10-13-11-21(20(24)25-2)18-16(8-9-23(12-13)19(14)21)15-6-4-5-7-17(15)22-18/h4-7,10,13,19,22H,3,8-9,11-12H2,1-2H3/t13?,19-,21?/m1/s1. The first-order chi connectivity index (χ1) is 12.2. The summed E-state index contributed by atoms with van der Waals surface area (Å²) in [6.07, 6.45) is 5.25. The molecule has 2 aromatic rings. The molecule has 4 heteroatoms. The molecule has 1 fully saturated rings. The summed E-state index contributed by atoms with van der Waals surface area (Å²) in [6.45, 7) is 4.28. The van der Waals surface area contributed by atoms with Crippen molar-refractivity contribution in [3.63, 3.8) is 0 Å². The number of benzene rings is 1. The Morgan fingerprint density at radius 2 is 2.24 bits per heavy atom. The zero-order valence-corrected chi connectivity index (χ0v) is 14.8. The van der Waals surface area contributed by atoms with Crippen molar-refractivity contribution < 1.29 is 9.53 Å². The zero-order chi connectivity index (χ0) is 17.2. The quantitative estimate of drug-likeness (QED) is 0.677. The number of ether oxygens (including phenoxy) is 1. The Labute approximate surface area is 147 Å². The number of nitrogens with one attached hydrogen (secondary N) is 1. The van der Waals surface area contributed by atoms with Gasteiger partial charge < -0.3 is 9.72 Å². The molecule has 25 heavy (non-hydrogen) atoms. The smallest absolute Gasteiger partial charge is 0.319 e. The number of nitrogens with zero attached hydrogens (tertiary/aromatic N) is 1. The fraction of sp³-hybridized carbons (Fsp3) is 0.476. The number of methoxy groups -OCH3 is 1. The number of hydrogen-bond donors (Lipinski definition) is 1. The van der Waals surface area contributed by atoms with Crippen molar-refractivity contribution in [2.45, 2.75) is 37.6 Å². The van der Waals surface area contributed by atoms with Crippen LogP contribution in [0.2, 0.25) is 0 Å². The maximum absolute atomic E-state index is 13.2. The van der Waals surface area contributed by atoms with Gasteiger partial charge in [-0.3, -0.25) is 9.69 Å². The van der Waals surface area contributed by atoms with Crippen LogP contribution in [0.4, 0.5) is 0 Å². The number of hydrogen-bond acceptors (Lipinski definition) is 3. The molecule has 1 aromatic carbocycles. The minimum atomic E-state index is -0.595. The Morgan fingerprint density at radius 3 is 3.04 bits per heavy atom. The number of aromatic nitrogens is 1. The van der Waals surface area contributed by atoms with Crippen LogP contribution in [0.25, 0.3) is 10.9 Å². The number of piperidine rings is 1. The molecule has 0 amide bonds. The second kappa shape index (κ2) is 5.21. The van der Waals surface area contributed by atoms with E-state index in [-0.39, 0.29) is 12.0 Å². The average Bonchev–Trinajstić information content (AvgIpc) is 3.00. The van der Waals surface area contributed by atoms with Crippen molar-refractivity contribution in [2.75, 3.05) is 20.2 Å². The van der Waals surface area contributed by atoms with E-state index in [2.05, 4.69) is 47.1 Å². The first-order valence-corrected chi connectivity index (χ1v) is 9.32. The van der Waals surface area contributed by atoms with Crippen LogP contribution >= 0.6 is 0 Å². The number of rotatable bonds is 2. The van der Waals surface area contributed by atoms with Gasteiger partial charge in [0.2, 0.25) is 0 Å². The highest BCUT2D eigenvalue weighted by molar-refractivity contribution is 5.92. The number of H-pyrrole nitrogens is 1. The third-order valence-corrected chi connectivity index (χ3v) is 6.55. The molecule has 4 atom stereocenters. The molecule has 1 N–H and O–H groups in total. The average molecular weight is 336 g/mol. The molecule has 130 valence electrons. The predicted octanol–water partition coefficient (Wildman–Crippen LogP) is 3.18. The summed E-state index contributed by atoms with van der Waals surface area (Å²) < 4.78 is 5.41. The summed E-state index contributed by atoms with van der Waals surface area (Å²) >= 11 is 0. The number of para-hydroxylation sites is 1. The van der Waals surface area contributed by atoms with Crippen LogP contribution in [-0.2, 0) is 21.4 Å². The van der Waals surface area contributed by atoms with Crippen molar-refractivity contribution >= 4 is 16.9 Å². The van der Waals surface area contributed by atoms with Crippen LogP contribution in [0.15, 0.2) is 35.9 Å². The second-order valence-electron chi connectivity index (χ2n) is 7.69. The molecule has 1 saturated heterocycles. The molecule has 0 spiro atoms. The monoisotopic (exact) mass is 336 g/mol. The van der Waals surface area contributed by atoms with E-state index in [1.807, 2.05) is 0 Å². The second-order valence-corrected chi connectivity index (χ2v) is 7.69. The van der Waals surface area contributed by atoms with Crippen LogP contribution in [-0.4, -0.2) is 42.1 Å². The molecule has 0 saturated carbocycles. The summed E-state index contributed by atoms with van der Waals surface area (Å²) in [5, 5.41) is 1.26. The highest BCUT2D eigenvalue weighted by atomic mass is 16.5. The van der Waals surface area contributed by atoms with Crippen LogP contribution < -0.4 is 0 Å². The molecular formula is C21H24N2O2. The van der Waals surface area contributed by atoms with E-state index in [1.165, 1.54) is 23.6 Å². The Hall–Kier alpha value is -2.07. The largest absolute Gasteiger partial charge is 0.468 e. The molecule has 1 aliphatic carbocycles. The van der Waals surface area contributed by atoms with Crippen LogP contribution in [0, 0.1) is 5.92 Å². The summed E-state index contributed by atoms with van der Waals surface area (Å²) in [6, 6.07) is 8.56. The molecule has 3 aliphatic heterocycles. The topological polar surface area (TPSA) is 45.3 Å². The van der Waals surface area contributed by atoms with Gasteiger partial charge in [0.05, 0.1) is 13.2 Å². The van der Waals surface area contributed by atoms with Gasteiger partial charge in [-0.15, -0.1) is 0 Å². The van der Waals surface area contributed by atoms with E-state index < -0.39 is 5.41 Å². The maximum Gasteiger partial charge on any atom is 0.319 e. The zero-order valence-electron chi connectivity index (χ0n) is 14.8. The Morgan fingerprint density at radius 1 is 1.40 bits per heavy atom. The lowest BCUT2D eigenvalue weighted by Gasteiger charge is -2.53. The minimum Gasteiger partial charge on any atom is -0.468 e. The van der Waals surface area contributed by atoms with E-state index in [4.69, 9.17) is 4.74 Å². The van der Waals surface area contributed by atoms with Gasteiger partial charge in [-0.1, -0.05) is 36.8 Å². The van der Waals surface area contributed by atoms with Crippen molar-refractivity contribution in [1.82, 2.24) is 9.88 Å². The first kappa shape index (κ1) is 15.2. The van der Waals surface area contributed by atoms with E-state index >= 15 is 0 Å². The molecule has 4 aliphatic rings. The van der Waals surface area contributed by atoms with Crippen LogP contribution in [0.5, 0.6) is 0 Å². The third-order valence-electron chi connectivity index (χ3n) is 6.55. The Balaban J connectivity index is 1.83. The number of carbonyl (C=O) groups is 1. The number of aromatic amines is 1. The SMILES string of the molecule is CCC1=CC2CN3CCc4c([nH]c5ccccc45)C(C(=O)OC)(C2)[C@@H]13. The van der Waals surface area contributed by atoms with Crippen LogP contribution in [0.1, 0.15) is 31.0 Å². The lowest BCUT2D eigenvalue weighted by molar-refractivity contribution is -0.153. The molecular weight excluding hydrogens is 312 g/mol. The van der Waals surface area contributed by atoms with Gasteiger partial charge in [-0.2, -0.15) is 0 Å². The van der Waals surface area contributed by atoms with Gasteiger partial charge in [-0.25, -0.2) is 0 Å². The van der Waals surface area contributed by atoms with Crippen molar-refractivity contribution in [2.24, 2.45) is 5.92 Å². The molecule has 1 aromatic heterocycles. The highest BCUT2D eigenvalue weighted by Crippen LogP contribution is 2.52. The number of fused-ring (bicyclic) bond motifs is 3. The highest BCUT2D eigenvalue weighted by Gasteiger charge is 2.60. The van der Waals surface area contributed by atoms with Crippen molar-refractivity contribution in [1.29, 1.82) is 0 Å². The fourth-order valence-electron chi connectivity index (χ4n) is 5.71. The first-order valence-electron chi connectivity index (χ1n) is 9.32. The van der Waals surface area contributed by atoms with Crippen molar-refractivity contribution in [3.05, 3.63) is 47.2 Å². The van der Waals surface area contributed by atoms with Gasteiger partial charge in [0.25, 0.3) is 0 Å². The summed E-state index contributed by atoms with van der Waals surface area (Å²) in [7, 11) is 1.53. The summed E-state index contributed by atoms with van der Waals surface area (Å²) in [5.74, 6) is 0.345. The normalized spacial score (nSPS) is 32.9. The Kier molecular flexibility index (Phi) is 3.17. The minimum absolute atomic E-state index is 0.0824. The number of carbonyl (C=O) groups excluding carboxylic acids is 1. The molecule has 6 rings (SSSR count). The number of esters is 1. The van der Waals surface area contributed by atoms with Gasteiger partial charge in [-0.05, 0) is 36.8 Å². The van der Waals surface area contributed by atoms with Crippen molar-refractivity contribution in [3.8, 4) is 0 Å². The summed E-state index contributed by atoms with van der Waals surface area (Å²) in [4.78, 5) is 19.4. The molecule has 4 bridgehead atoms. The lowest BCUT2D eigenvalue weighted by Crippen LogP contribution is -2.63. The molecule has 0 radical (unpaired) electrons. The molecule has 4 nitrogen and oxygen atoms in total. The van der Waals surface area contributed by atoms with E-state index in [9.17, 15) is 4.79 Å². The van der Waals surface area contributed by atoms with Gasteiger partial charge in [0.15, 0.2) is 0 Å².